The van der Waals surface area contributed by atoms with Crippen molar-refractivity contribution < 1.29 is 64.6 Å². The number of hydrogen-bond acceptors (Lipinski definition) is 13. The molecule has 12 unspecified atom stereocenters. The predicted molar refractivity (Wildman–Crippen MR) is 405 cm³/mol. The van der Waals surface area contributed by atoms with Gasteiger partial charge in [0.15, 0.2) is 12.6 Å². The van der Waals surface area contributed by atoms with E-state index in [0.29, 0.717) is 12.8 Å². The van der Waals surface area contributed by atoms with E-state index >= 15 is 0 Å². The molecule has 564 valence electrons. The van der Waals surface area contributed by atoms with Crippen LogP contribution in [0.15, 0.2) is 122 Å². The van der Waals surface area contributed by atoms with Gasteiger partial charge in [-0.2, -0.15) is 0 Å². The zero-order chi connectivity index (χ0) is 70.8. The molecule has 12 atom stereocenters. The largest absolute Gasteiger partial charge is 0.394 e. The molecule has 2 fully saturated rings. The quantitative estimate of drug-likeness (QED) is 0.0204. The number of carbonyl (C=O) groups excluding carboxylic acids is 1. The molecular weight excluding hydrogens is 1230 g/mol. The molecule has 2 saturated heterocycles. The number of rotatable bonds is 65. The Morgan fingerprint density at radius 2 is 0.714 bits per heavy atom. The summed E-state index contributed by atoms with van der Waals surface area (Å²) >= 11 is 0. The second kappa shape index (κ2) is 66.6. The first-order valence-corrected chi connectivity index (χ1v) is 39.8. The van der Waals surface area contributed by atoms with Crippen molar-refractivity contribution in [2.45, 2.75) is 383 Å². The van der Waals surface area contributed by atoms with Crippen LogP contribution in [0.5, 0.6) is 0 Å². The maximum absolute atomic E-state index is 13.4. The average molecular weight is 1380 g/mol. The monoisotopic (exact) mass is 1380 g/mol. The van der Waals surface area contributed by atoms with Crippen molar-refractivity contribution in [2.24, 2.45) is 0 Å². The Morgan fingerprint density at radius 3 is 1.12 bits per heavy atom. The summed E-state index contributed by atoms with van der Waals surface area (Å²) in [5.74, 6) is -0.254. The number of unbranched alkanes of at least 4 members (excludes halogenated alkanes) is 34. The molecule has 14 nitrogen and oxygen atoms in total. The van der Waals surface area contributed by atoms with Crippen molar-refractivity contribution in [3.63, 3.8) is 0 Å². The van der Waals surface area contributed by atoms with Crippen LogP contribution in [0.2, 0.25) is 0 Å². The minimum absolute atomic E-state index is 0.254. The minimum atomic E-state index is -1.80. The van der Waals surface area contributed by atoms with Crippen LogP contribution in [0.1, 0.15) is 309 Å². The third-order valence-electron chi connectivity index (χ3n) is 18.6. The zero-order valence-electron chi connectivity index (χ0n) is 61.7. The molecule has 0 bridgehead atoms. The van der Waals surface area contributed by atoms with E-state index in [1.807, 2.05) is 6.08 Å². The van der Waals surface area contributed by atoms with Crippen molar-refractivity contribution in [3.8, 4) is 0 Å². The van der Waals surface area contributed by atoms with Gasteiger partial charge in [-0.05, 0) is 103 Å². The highest BCUT2D eigenvalue weighted by atomic mass is 16.7. The lowest BCUT2D eigenvalue weighted by Crippen LogP contribution is -2.65. The molecular formula is C84H145NO13. The first-order valence-electron chi connectivity index (χ1n) is 39.8. The molecule has 2 heterocycles. The van der Waals surface area contributed by atoms with Crippen LogP contribution in [0.4, 0.5) is 0 Å². The Hall–Kier alpha value is -3.61. The van der Waals surface area contributed by atoms with Crippen LogP contribution in [0.3, 0.4) is 0 Å². The Kier molecular flexibility index (Phi) is 61.5. The number of nitrogens with one attached hydrogen (secondary N) is 1. The summed E-state index contributed by atoms with van der Waals surface area (Å²) in [5, 5.41) is 87.6. The maximum atomic E-state index is 13.4. The number of ether oxygens (including phenoxy) is 4. The van der Waals surface area contributed by atoms with Crippen LogP contribution in [-0.4, -0.2) is 140 Å². The lowest BCUT2D eigenvalue weighted by molar-refractivity contribution is -0.359. The van der Waals surface area contributed by atoms with Crippen molar-refractivity contribution in [3.05, 3.63) is 122 Å². The molecule has 0 saturated carbocycles. The van der Waals surface area contributed by atoms with Crippen LogP contribution < -0.4 is 5.32 Å². The SMILES string of the molecule is CC/C=C\C/C=C\C/C=C\C/C=C\C/C=C\C/C=C\C/C=C\CCCCCCCCCCCCCCCCCC(=O)NC(COC1OC(CO)C(OC2OC(CO)C(O)C(O)C2O)C(O)C1O)C(O)/C=C/CC/C=C/CC/C=C/CCCCCCCCCCCCCCCCCCC. The summed E-state index contributed by atoms with van der Waals surface area (Å²) in [6, 6.07) is -0.947. The zero-order valence-corrected chi connectivity index (χ0v) is 61.7. The standard InChI is InChI=1S/C84H145NO13/c1-3-5-7-9-11-13-15-17-19-21-23-25-27-29-31-32-33-34-35-36-37-38-39-40-42-44-46-48-50-52-54-56-58-60-62-64-66-68-76(89)85-72(71-95-83-81(94)79(92)82(75(70-87)97-83)98-84-80(93)78(91)77(90)74(69-86)96-84)73(88)67-65-63-61-59-57-55-53-51-49-47-45-43-41-30-28-26-24-22-20-18-16-14-12-10-8-6-4-2/h5,7,11,13,17,19,23,25,29,31,33-34,36-37,49,51,57,59,65,67,72-75,77-84,86-88,90-94H,3-4,6,8-10,12,14-16,18,20-22,24,26-28,30,32,35,38-48,50,52-56,58,60-64,66,68-71H2,1-2H3,(H,85,89)/b7-5-,13-11-,19-17-,25-23-,31-29-,34-33-,37-36-,51-49+,59-57+,67-65+. The molecule has 0 aromatic carbocycles. The second-order valence-electron chi connectivity index (χ2n) is 27.4. The Bertz CT molecular complexity index is 2110. The van der Waals surface area contributed by atoms with Gasteiger partial charge in [0.2, 0.25) is 5.91 Å². The van der Waals surface area contributed by atoms with Crippen molar-refractivity contribution in [1.82, 2.24) is 5.32 Å². The summed E-state index contributed by atoms with van der Waals surface area (Å²) < 4.78 is 22.9. The van der Waals surface area contributed by atoms with Crippen LogP contribution in [0.25, 0.3) is 0 Å². The fraction of sp³-hybridized carbons (Fsp3) is 0.750. The normalized spacial score (nSPS) is 22.7. The molecule has 2 aliphatic rings. The van der Waals surface area contributed by atoms with Gasteiger partial charge in [0.1, 0.15) is 48.8 Å². The number of carbonyl (C=O) groups is 1. The highest BCUT2D eigenvalue weighted by Crippen LogP contribution is 2.30. The average Bonchev–Trinajstić information content (AvgIpc) is 0.793. The summed E-state index contributed by atoms with van der Waals surface area (Å²) in [6.45, 7) is 2.69. The first-order chi connectivity index (χ1) is 48.1. The third kappa shape index (κ3) is 49.1. The van der Waals surface area contributed by atoms with Gasteiger partial charge in [0.05, 0.1) is 32.0 Å². The van der Waals surface area contributed by atoms with Crippen molar-refractivity contribution in [2.75, 3.05) is 19.8 Å². The predicted octanol–water partition coefficient (Wildman–Crippen LogP) is 18.0. The lowest BCUT2D eigenvalue weighted by atomic mass is 9.97. The fourth-order valence-electron chi connectivity index (χ4n) is 12.4. The summed E-state index contributed by atoms with van der Waals surface area (Å²) in [6.07, 6.45) is 81.3. The van der Waals surface area contributed by atoms with Crippen molar-refractivity contribution in [1.29, 1.82) is 0 Å². The molecule has 0 spiro atoms. The van der Waals surface area contributed by atoms with Gasteiger partial charge < -0.3 is 65.1 Å². The molecule has 1 amide bonds. The molecule has 14 heteroatoms. The van der Waals surface area contributed by atoms with E-state index < -0.39 is 86.8 Å². The van der Waals surface area contributed by atoms with Crippen LogP contribution >= 0.6 is 0 Å². The molecule has 0 aromatic rings. The van der Waals surface area contributed by atoms with Crippen LogP contribution in [0, 0.1) is 0 Å². The van der Waals surface area contributed by atoms with E-state index in [1.54, 1.807) is 6.08 Å². The van der Waals surface area contributed by atoms with E-state index in [9.17, 15) is 45.6 Å². The van der Waals surface area contributed by atoms with Crippen molar-refractivity contribution >= 4 is 5.91 Å². The van der Waals surface area contributed by atoms with Gasteiger partial charge in [0, 0.05) is 6.42 Å². The number of aliphatic hydroxyl groups is 8. The van der Waals surface area contributed by atoms with Gasteiger partial charge in [-0.1, -0.05) is 322 Å². The first kappa shape index (κ1) is 90.5. The van der Waals surface area contributed by atoms with E-state index in [2.05, 4.69) is 129 Å². The number of hydrogen-bond donors (Lipinski definition) is 9. The van der Waals surface area contributed by atoms with Gasteiger partial charge in [-0.3, -0.25) is 4.79 Å². The smallest absolute Gasteiger partial charge is 0.220 e. The Labute approximate surface area is 597 Å². The number of amides is 1. The molecule has 2 rings (SSSR count). The van der Waals surface area contributed by atoms with Gasteiger partial charge in [0.25, 0.3) is 0 Å². The van der Waals surface area contributed by atoms with Crippen LogP contribution in [-0.2, 0) is 23.7 Å². The Balaban J connectivity index is 1.64. The molecule has 2 aliphatic heterocycles. The van der Waals surface area contributed by atoms with E-state index in [0.717, 1.165) is 89.9 Å². The summed E-state index contributed by atoms with van der Waals surface area (Å²) in [7, 11) is 0. The lowest BCUT2D eigenvalue weighted by Gasteiger charge is -2.46. The van der Waals surface area contributed by atoms with Gasteiger partial charge in [-0.15, -0.1) is 0 Å². The fourth-order valence-corrected chi connectivity index (χ4v) is 12.4. The minimum Gasteiger partial charge on any atom is -0.394 e. The van der Waals surface area contributed by atoms with E-state index in [1.165, 1.54) is 186 Å². The summed E-state index contributed by atoms with van der Waals surface area (Å²) in [5.41, 5.74) is 0. The third-order valence-corrected chi connectivity index (χ3v) is 18.6. The topological polar surface area (TPSA) is 228 Å². The Morgan fingerprint density at radius 1 is 0.378 bits per heavy atom. The maximum Gasteiger partial charge on any atom is 0.220 e. The van der Waals surface area contributed by atoms with E-state index in [4.69, 9.17) is 18.9 Å². The number of aliphatic hydroxyl groups excluding tert-OH is 8. The molecule has 0 aromatic heterocycles. The second-order valence-corrected chi connectivity index (χ2v) is 27.4. The summed E-state index contributed by atoms with van der Waals surface area (Å²) in [4.78, 5) is 13.4. The number of allylic oxidation sites excluding steroid dienone is 19. The molecule has 0 radical (unpaired) electrons. The van der Waals surface area contributed by atoms with Gasteiger partial charge in [-0.25, -0.2) is 0 Å². The highest BCUT2D eigenvalue weighted by Gasteiger charge is 2.51. The highest BCUT2D eigenvalue weighted by molar-refractivity contribution is 5.76. The van der Waals surface area contributed by atoms with E-state index in [-0.39, 0.29) is 18.9 Å². The molecule has 98 heavy (non-hydrogen) atoms. The van der Waals surface area contributed by atoms with Gasteiger partial charge >= 0.3 is 0 Å². The molecule has 0 aliphatic carbocycles. The molecule has 9 N–H and O–H groups in total.